The van der Waals surface area contributed by atoms with Gasteiger partial charge in [0.1, 0.15) is 0 Å². The predicted octanol–water partition coefficient (Wildman–Crippen LogP) is 16.1. The lowest BCUT2D eigenvalue weighted by atomic mass is 10.0. The van der Waals surface area contributed by atoms with Gasteiger partial charge in [0, 0.05) is 31.2 Å². The van der Waals surface area contributed by atoms with Crippen LogP contribution in [0.1, 0.15) is 219 Å². The van der Waals surface area contributed by atoms with E-state index in [4.69, 9.17) is 0 Å². The van der Waals surface area contributed by atoms with Gasteiger partial charge in [-0.05, 0) is 48.2 Å². The summed E-state index contributed by atoms with van der Waals surface area (Å²) in [5.74, 6) is 0. The highest BCUT2D eigenvalue weighted by Gasteiger charge is 2.08. The summed E-state index contributed by atoms with van der Waals surface area (Å²) in [6.07, 6.45) is 49.6. The Morgan fingerprint density at radius 1 is 0.327 bits per heavy atom. The number of benzene rings is 1. The Hall–Kier alpha value is -1.83. The number of pyridine rings is 1. The smallest absolute Gasteiger partial charge is 0.0366 e. The molecule has 0 unspecified atom stereocenters. The van der Waals surface area contributed by atoms with Crippen molar-refractivity contribution in [1.29, 1.82) is 0 Å². The molecule has 49 heavy (non-hydrogen) atoms. The summed E-state index contributed by atoms with van der Waals surface area (Å²) >= 11 is 0. The highest BCUT2D eigenvalue weighted by Crippen LogP contribution is 2.24. The van der Waals surface area contributed by atoms with E-state index < -0.39 is 0 Å². The van der Waals surface area contributed by atoms with Gasteiger partial charge >= 0.3 is 0 Å². The van der Waals surface area contributed by atoms with Gasteiger partial charge in [0.05, 0.1) is 0 Å². The molecule has 1 aromatic heterocycles. The molecule has 0 aliphatic rings. The molecule has 0 saturated carbocycles. The number of nitrogens with zero attached hydrogens (tertiary/aromatic N) is 2. The first kappa shape index (κ1) is 43.3. The van der Waals surface area contributed by atoms with Crippen LogP contribution in [0.2, 0.25) is 0 Å². The van der Waals surface area contributed by atoms with Crippen molar-refractivity contribution in [3.8, 4) is 11.1 Å². The number of hydrogen-bond acceptors (Lipinski definition) is 2. The summed E-state index contributed by atoms with van der Waals surface area (Å²) in [6.45, 7) is 7.02. The van der Waals surface area contributed by atoms with Crippen LogP contribution in [0.15, 0.2) is 48.8 Å². The molecule has 0 fully saturated rings. The normalized spacial score (nSPS) is 11.4. The molecule has 0 atom stereocenters. The summed E-state index contributed by atoms with van der Waals surface area (Å²) in [5.41, 5.74) is 3.94. The second kappa shape index (κ2) is 33.3. The van der Waals surface area contributed by atoms with Gasteiger partial charge < -0.3 is 4.90 Å². The van der Waals surface area contributed by atoms with Crippen molar-refractivity contribution in [3.05, 3.63) is 48.8 Å². The number of rotatable bonds is 36. The molecule has 0 radical (unpaired) electrons. The largest absolute Gasteiger partial charge is 0.372 e. The van der Waals surface area contributed by atoms with Crippen molar-refractivity contribution in [2.45, 2.75) is 219 Å². The van der Waals surface area contributed by atoms with Crippen LogP contribution in [-0.4, -0.2) is 18.1 Å². The maximum absolute atomic E-state index is 4.19. The SMILES string of the molecule is CCCCCCCCCCCCCCCCCCN(CCCCCCCCCCCCCCCCCC)c1ccc(-c2ccncc2)cc1. The third kappa shape index (κ3) is 24.9. The quantitative estimate of drug-likeness (QED) is 0.0669. The van der Waals surface area contributed by atoms with Crippen molar-refractivity contribution < 1.29 is 0 Å². The molecule has 0 aliphatic heterocycles. The highest BCUT2D eigenvalue weighted by molar-refractivity contribution is 5.65. The van der Waals surface area contributed by atoms with Gasteiger partial charge in [-0.15, -0.1) is 0 Å². The van der Waals surface area contributed by atoms with Gasteiger partial charge in [-0.2, -0.15) is 0 Å². The average Bonchev–Trinajstić information content (AvgIpc) is 3.14. The lowest BCUT2D eigenvalue weighted by Gasteiger charge is -2.25. The number of unbranched alkanes of at least 4 members (excludes halogenated alkanes) is 30. The molecule has 2 aromatic rings. The van der Waals surface area contributed by atoms with E-state index in [1.807, 2.05) is 12.4 Å². The van der Waals surface area contributed by atoms with Gasteiger partial charge in [0.15, 0.2) is 0 Å². The lowest BCUT2D eigenvalue weighted by molar-refractivity contribution is 0.524. The Morgan fingerprint density at radius 3 is 0.898 bits per heavy atom. The molecule has 1 aromatic carbocycles. The highest BCUT2D eigenvalue weighted by atomic mass is 15.1. The van der Waals surface area contributed by atoms with E-state index in [0.29, 0.717) is 0 Å². The van der Waals surface area contributed by atoms with Gasteiger partial charge in [-0.1, -0.05) is 219 Å². The van der Waals surface area contributed by atoms with Gasteiger partial charge in [0.2, 0.25) is 0 Å². The van der Waals surface area contributed by atoms with Crippen molar-refractivity contribution >= 4 is 5.69 Å². The summed E-state index contributed by atoms with van der Waals surface area (Å²) in [6, 6.07) is 13.5. The third-order valence-corrected chi connectivity index (χ3v) is 10.8. The number of aromatic nitrogens is 1. The fourth-order valence-electron chi connectivity index (χ4n) is 7.48. The minimum atomic E-state index is 1.20. The molecule has 280 valence electrons. The maximum atomic E-state index is 4.19. The van der Waals surface area contributed by atoms with Gasteiger partial charge in [-0.25, -0.2) is 0 Å². The minimum absolute atomic E-state index is 1.20. The maximum Gasteiger partial charge on any atom is 0.0366 e. The van der Waals surface area contributed by atoms with E-state index in [1.54, 1.807) is 0 Å². The number of hydrogen-bond donors (Lipinski definition) is 0. The van der Waals surface area contributed by atoms with Crippen molar-refractivity contribution in [3.63, 3.8) is 0 Å². The van der Waals surface area contributed by atoms with Crippen molar-refractivity contribution in [2.75, 3.05) is 18.0 Å². The third-order valence-electron chi connectivity index (χ3n) is 10.8. The predicted molar refractivity (Wildman–Crippen MR) is 221 cm³/mol. The monoisotopic (exact) mass is 675 g/mol. The molecule has 2 heteroatoms. The van der Waals surface area contributed by atoms with Crippen LogP contribution < -0.4 is 4.90 Å². The average molecular weight is 675 g/mol. The fraction of sp³-hybridized carbons (Fsp3) is 0.766. The molecule has 0 amide bonds. The van der Waals surface area contributed by atoms with Gasteiger partial charge in [0.25, 0.3) is 0 Å². The van der Waals surface area contributed by atoms with E-state index in [2.05, 4.69) is 60.1 Å². The van der Waals surface area contributed by atoms with E-state index in [9.17, 15) is 0 Å². The molecule has 0 aliphatic carbocycles. The zero-order chi connectivity index (χ0) is 34.7. The standard InChI is InChI=1S/C47H82N2/c1-3-5-7-9-11-13-15-17-19-21-23-25-27-29-31-33-43-49(47-37-35-45(36-38-47)46-39-41-48-42-40-46)44-34-32-30-28-26-24-22-20-18-16-14-12-10-8-6-4-2/h35-42H,3-34,43-44H2,1-2H3. The Kier molecular flexibility index (Phi) is 29.5. The molecular weight excluding hydrogens is 593 g/mol. The first-order valence-electron chi connectivity index (χ1n) is 22.1. The minimum Gasteiger partial charge on any atom is -0.372 e. The Labute approximate surface area is 307 Å². The molecule has 1 heterocycles. The molecule has 0 N–H and O–H groups in total. The topological polar surface area (TPSA) is 16.1 Å². The second-order valence-corrected chi connectivity index (χ2v) is 15.4. The Bertz CT molecular complexity index is 887. The second-order valence-electron chi connectivity index (χ2n) is 15.4. The lowest BCUT2D eigenvalue weighted by Crippen LogP contribution is -2.25. The molecular formula is C47H82N2. The summed E-state index contributed by atoms with van der Waals surface area (Å²) < 4.78 is 0. The molecule has 0 spiro atoms. The van der Waals surface area contributed by atoms with Crippen molar-refractivity contribution in [2.24, 2.45) is 0 Å². The Balaban J connectivity index is 1.56. The van der Waals surface area contributed by atoms with Crippen LogP contribution in [-0.2, 0) is 0 Å². The van der Waals surface area contributed by atoms with Crippen LogP contribution in [0.5, 0.6) is 0 Å². The van der Waals surface area contributed by atoms with Crippen LogP contribution in [0, 0.1) is 0 Å². The molecule has 2 nitrogen and oxygen atoms in total. The zero-order valence-corrected chi connectivity index (χ0v) is 33.1. The summed E-state index contributed by atoms with van der Waals surface area (Å²) in [4.78, 5) is 6.88. The van der Waals surface area contributed by atoms with E-state index in [1.165, 1.54) is 235 Å². The van der Waals surface area contributed by atoms with Crippen molar-refractivity contribution in [1.82, 2.24) is 4.98 Å². The van der Waals surface area contributed by atoms with Crippen LogP contribution in [0.25, 0.3) is 11.1 Å². The van der Waals surface area contributed by atoms with E-state index >= 15 is 0 Å². The fourth-order valence-corrected chi connectivity index (χ4v) is 7.48. The number of anilines is 1. The first-order chi connectivity index (χ1) is 24.3. The first-order valence-corrected chi connectivity index (χ1v) is 22.1. The summed E-state index contributed by atoms with van der Waals surface area (Å²) in [7, 11) is 0. The molecule has 2 rings (SSSR count). The van der Waals surface area contributed by atoms with Crippen LogP contribution in [0.4, 0.5) is 5.69 Å². The molecule has 0 saturated heterocycles. The molecule has 0 bridgehead atoms. The van der Waals surface area contributed by atoms with Gasteiger partial charge in [-0.3, -0.25) is 4.98 Å². The van der Waals surface area contributed by atoms with E-state index in [-0.39, 0.29) is 0 Å². The zero-order valence-electron chi connectivity index (χ0n) is 33.1. The Morgan fingerprint density at radius 2 is 0.592 bits per heavy atom. The van der Waals surface area contributed by atoms with Crippen LogP contribution >= 0.6 is 0 Å². The van der Waals surface area contributed by atoms with E-state index in [0.717, 1.165) is 0 Å². The van der Waals surface area contributed by atoms with Crippen LogP contribution in [0.3, 0.4) is 0 Å². The summed E-state index contributed by atoms with van der Waals surface area (Å²) in [5, 5.41) is 0.